The Morgan fingerprint density at radius 2 is 1.86 bits per heavy atom. The van der Waals surface area contributed by atoms with Crippen LogP contribution in [0.2, 0.25) is 0 Å². The predicted molar refractivity (Wildman–Crippen MR) is 81.9 cm³/mol. The first-order valence-electron chi connectivity index (χ1n) is 6.90. The second kappa shape index (κ2) is 4.40. The van der Waals surface area contributed by atoms with Crippen molar-refractivity contribution in [2.45, 2.75) is 12.5 Å². The Morgan fingerprint density at radius 3 is 2.52 bits per heavy atom. The van der Waals surface area contributed by atoms with E-state index in [1.165, 1.54) is 11.9 Å². The van der Waals surface area contributed by atoms with Gasteiger partial charge in [-0.05, 0) is 32.3 Å². The normalized spacial score (nSPS) is 24.0. The molecule has 2 amide bonds. The largest absolute Gasteiger partial charge is 0.297 e. The molecular weight excluding hydrogens is 264 g/mol. The number of carbonyl (C=O) groups is 2. The van der Waals surface area contributed by atoms with Crippen LogP contribution in [0.3, 0.4) is 0 Å². The highest BCUT2D eigenvalue weighted by Gasteiger charge is 2.31. The third-order valence-corrected chi connectivity index (χ3v) is 4.43. The van der Waals surface area contributed by atoms with E-state index in [-0.39, 0.29) is 17.4 Å². The van der Waals surface area contributed by atoms with Crippen LogP contribution < -0.4 is 10.4 Å². The number of hydrogen-bond donors (Lipinski definition) is 0. The standard InChI is InChI=1S/C17H18N2O2/c1-17(18(2)3)9-8-13-14-11(10-17)6-5-7-12(14)15(20)19(4)16(13)21/h5-10H,1-4H3. The molecule has 4 heteroatoms. The molecule has 1 aromatic carbocycles. The molecule has 1 aromatic rings. The van der Waals surface area contributed by atoms with Crippen molar-refractivity contribution in [2.24, 2.45) is 0 Å². The zero-order chi connectivity index (χ0) is 15.4. The van der Waals surface area contributed by atoms with Gasteiger partial charge in [-0.1, -0.05) is 30.4 Å². The molecule has 1 heterocycles. The monoisotopic (exact) mass is 282 g/mol. The second-order valence-electron chi connectivity index (χ2n) is 5.95. The number of carbonyl (C=O) groups excluding carboxylic acids is 2. The molecule has 1 aliphatic carbocycles. The molecule has 108 valence electrons. The fourth-order valence-corrected chi connectivity index (χ4v) is 2.78. The molecule has 2 aliphatic rings. The van der Waals surface area contributed by atoms with E-state index in [4.69, 9.17) is 0 Å². The van der Waals surface area contributed by atoms with Crippen LogP contribution in [0.4, 0.5) is 0 Å². The van der Waals surface area contributed by atoms with Crippen molar-refractivity contribution in [3.05, 3.63) is 46.4 Å². The molecular formula is C17H18N2O2. The number of likely N-dealkylation sites (N-methyl/N-ethyl adjacent to an activating group) is 1. The molecule has 0 saturated heterocycles. The molecule has 4 nitrogen and oxygen atoms in total. The Morgan fingerprint density at radius 1 is 1.14 bits per heavy atom. The van der Waals surface area contributed by atoms with Crippen LogP contribution in [0.1, 0.15) is 17.3 Å². The predicted octanol–water partition coefficient (Wildman–Crippen LogP) is 0.120. The summed E-state index contributed by atoms with van der Waals surface area (Å²) in [5.74, 6) is -0.483. The van der Waals surface area contributed by atoms with Gasteiger partial charge in [0.2, 0.25) is 0 Å². The Labute approximate surface area is 123 Å². The van der Waals surface area contributed by atoms with Crippen LogP contribution in [0.15, 0.2) is 30.4 Å². The van der Waals surface area contributed by atoms with Gasteiger partial charge in [0.15, 0.2) is 0 Å². The van der Waals surface area contributed by atoms with Crippen LogP contribution in [0.5, 0.6) is 0 Å². The number of benzene rings is 1. The summed E-state index contributed by atoms with van der Waals surface area (Å²) < 4.78 is 0. The van der Waals surface area contributed by atoms with Gasteiger partial charge < -0.3 is 0 Å². The molecule has 0 radical (unpaired) electrons. The first kappa shape index (κ1) is 13.8. The van der Waals surface area contributed by atoms with Gasteiger partial charge in [0.05, 0.1) is 5.54 Å². The fraction of sp³-hybridized carbons (Fsp3) is 0.294. The maximum Gasteiger partial charge on any atom is 0.261 e. The smallest absolute Gasteiger partial charge is 0.261 e. The highest BCUT2D eigenvalue weighted by molar-refractivity contribution is 6.27. The lowest BCUT2D eigenvalue weighted by molar-refractivity contribution is -0.121. The molecule has 1 atom stereocenters. The summed E-state index contributed by atoms with van der Waals surface area (Å²) in [6.45, 7) is 2.08. The van der Waals surface area contributed by atoms with E-state index in [1.54, 1.807) is 6.07 Å². The Hall–Kier alpha value is -2.20. The summed E-state index contributed by atoms with van der Waals surface area (Å²) in [5.41, 5.74) is 0.875. The lowest BCUT2D eigenvalue weighted by atomic mass is 9.98. The lowest BCUT2D eigenvalue weighted by Gasteiger charge is -2.30. The molecule has 0 bridgehead atoms. The highest BCUT2D eigenvalue weighted by atomic mass is 16.2. The summed E-state index contributed by atoms with van der Waals surface area (Å²) in [4.78, 5) is 28.0. The van der Waals surface area contributed by atoms with E-state index in [1.807, 2.05) is 38.4 Å². The molecule has 0 N–H and O–H groups in total. The molecule has 0 aromatic heterocycles. The van der Waals surface area contributed by atoms with Gasteiger partial charge in [0.1, 0.15) is 0 Å². The van der Waals surface area contributed by atoms with Crippen LogP contribution in [-0.4, -0.2) is 48.3 Å². The van der Waals surface area contributed by atoms with Gasteiger partial charge in [-0.3, -0.25) is 19.4 Å². The van der Waals surface area contributed by atoms with Gasteiger partial charge >= 0.3 is 0 Å². The maximum absolute atomic E-state index is 12.4. The summed E-state index contributed by atoms with van der Waals surface area (Å²) >= 11 is 0. The Balaban J connectivity index is 2.45. The van der Waals surface area contributed by atoms with Crippen LogP contribution in [0, 0.1) is 0 Å². The first-order valence-corrected chi connectivity index (χ1v) is 6.90. The van der Waals surface area contributed by atoms with E-state index < -0.39 is 0 Å². The molecule has 0 fully saturated rings. The molecule has 0 saturated carbocycles. The van der Waals surface area contributed by atoms with Gasteiger partial charge in [-0.25, -0.2) is 0 Å². The molecule has 21 heavy (non-hydrogen) atoms. The third kappa shape index (κ3) is 1.87. The SMILES string of the molecule is CN1C(=O)C2=c3c(cccc3=CC(C)(N(C)C)C=C2)C1=O. The molecule has 1 aliphatic heterocycles. The number of hydrogen-bond acceptors (Lipinski definition) is 3. The van der Waals surface area contributed by atoms with E-state index in [0.717, 1.165) is 10.4 Å². The topological polar surface area (TPSA) is 40.6 Å². The van der Waals surface area contributed by atoms with Crippen molar-refractivity contribution in [3.63, 3.8) is 0 Å². The van der Waals surface area contributed by atoms with Crippen molar-refractivity contribution in [1.29, 1.82) is 0 Å². The minimum absolute atomic E-state index is 0.240. The van der Waals surface area contributed by atoms with Crippen molar-refractivity contribution >= 4 is 23.5 Å². The minimum atomic E-state index is -0.304. The zero-order valence-corrected chi connectivity index (χ0v) is 12.7. The molecule has 0 spiro atoms. The number of imide groups is 1. The summed E-state index contributed by atoms with van der Waals surface area (Å²) in [6.07, 6.45) is 5.95. The summed E-state index contributed by atoms with van der Waals surface area (Å²) in [6, 6.07) is 5.61. The van der Waals surface area contributed by atoms with Crippen molar-refractivity contribution in [2.75, 3.05) is 21.1 Å². The maximum atomic E-state index is 12.4. The van der Waals surface area contributed by atoms with E-state index in [2.05, 4.69) is 17.9 Å². The van der Waals surface area contributed by atoms with Gasteiger partial charge in [0.25, 0.3) is 11.8 Å². The number of nitrogens with zero attached hydrogens (tertiary/aromatic N) is 2. The second-order valence-corrected chi connectivity index (χ2v) is 5.95. The quantitative estimate of drug-likeness (QED) is 0.687. The van der Waals surface area contributed by atoms with Crippen LogP contribution in [-0.2, 0) is 4.79 Å². The fourth-order valence-electron chi connectivity index (χ4n) is 2.78. The zero-order valence-electron chi connectivity index (χ0n) is 12.7. The molecule has 1 unspecified atom stereocenters. The highest BCUT2D eigenvalue weighted by Crippen LogP contribution is 2.20. The van der Waals surface area contributed by atoms with E-state index in [9.17, 15) is 9.59 Å². The average Bonchev–Trinajstić information content (AvgIpc) is 2.60. The van der Waals surface area contributed by atoms with Gasteiger partial charge in [0, 0.05) is 23.4 Å². The van der Waals surface area contributed by atoms with Crippen LogP contribution >= 0.6 is 0 Å². The Bertz CT molecular complexity index is 805. The third-order valence-electron chi connectivity index (χ3n) is 4.43. The van der Waals surface area contributed by atoms with Crippen molar-refractivity contribution < 1.29 is 9.59 Å². The first-order chi connectivity index (χ1) is 9.85. The van der Waals surface area contributed by atoms with E-state index >= 15 is 0 Å². The summed E-state index contributed by atoms with van der Waals surface area (Å²) in [7, 11) is 5.52. The summed E-state index contributed by atoms with van der Waals surface area (Å²) in [5, 5.41) is 1.69. The number of rotatable bonds is 1. The molecule has 3 rings (SSSR count). The van der Waals surface area contributed by atoms with Gasteiger partial charge in [-0.2, -0.15) is 0 Å². The Kier molecular flexibility index (Phi) is 2.88. The average molecular weight is 282 g/mol. The lowest BCUT2D eigenvalue weighted by Crippen LogP contribution is -2.48. The van der Waals surface area contributed by atoms with Crippen molar-refractivity contribution in [3.8, 4) is 0 Å². The van der Waals surface area contributed by atoms with Gasteiger partial charge in [-0.15, -0.1) is 0 Å². The van der Waals surface area contributed by atoms with Crippen molar-refractivity contribution in [1.82, 2.24) is 9.80 Å². The van der Waals surface area contributed by atoms with E-state index in [0.29, 0.717) is 11.1 Å². The number of amides is 2. The van der Waals surface area contributed by atoms with Crippen LogP contribution in [0.25, 0.3) is 11.6 Å². The minimum Gasteiger partial charge on any atom is -0.297 e.